The van der Waals surface area contributed by atoms with Gasteiger partial charge in [-0.15, -0.1) is 0 Å². The minimum atomic E-state index is -1.59. The largest absolute Gasteiger partial charge is 0.504 e. The Labute approximate surface area is 177 Å². The van der Waals surface area contributed by atoms with Gasteiger partial charge in [0, 0.05) is 6.07 Å². The summed E-state index contributed by atoms with van der Waals surface area (Å²) in [5.41, 5.74) is -0.901. The minimum Gasteiger partial charge on any atom is -0.504 e. The lowest BCUT2D eigenvalue weighted by molar-refractivity contribution is -0.277. The van der Waals surface area contributed by atoms with Crippen molar-refractivity contribution in [2.45, 2.75) is 56.9 Å². The molecule has 31 heavy (non-hydrogen) atoms. The molecule has 1 fully saturated rings. The van der Waals surface area contributed by atoms with Crippen molar-refractivity contribution >= 4 is 11.0 Å². The number of hydrogen-bond acceptors (Lipinski definition) is 10. The summed E-state index contributed by atoms with van der Waals surface area (Å²) >= 11 is 0. The van der Waals surface area contributed by atoms with Crippen LogP contribution in [0.5, 0.6) is 17.2 Å². The Kier molecular flexibility index (Phi) is 7.52. The van der Waals surface area contributed by atoms with E-state index >= 15 is 0 Å². The molecule has 10 nitrogen and oxygen atoms in total. The third kappa shape index (κ3) is 5.00. The summed E-state index contributed by atoms with van der Waals surface area (Å²) in [6, 6.07) is 4.13. The van der Waals surface area contributed by atoms with E-state index in [0.717, 1.165) is 19.3 Å². The van der Waals surface area contributed by atoms with Crippen LogP contribution in [0.25, 0.3) is 11.0 Å². The van der Waals surface area contributed by atoms with Crippen molar-refractivity contribution in [1.29, 1.82) is 0 Å². The fourth-order valence-electron chi connectivity index (χ4n) is 3.13. The van der Waals surface area contributed by atoms with Gasteiger partial charge in [0.05, 0.1) is 18.3 Å². The van der Waals surface area contributed by atoms with E-state index < -0.39 is 48.7 Å². The first-order chi connectivity index (χ1) is 14.9. The first kappa shape index (κ1) is 23.0. The van der Waals surface area contributed by atoms with Crippen molar-refractivity contribution in [3.05, 3.63) is 41.0 Å². The molecule has 0 radical (unpaired) electrons. The zero-order chi connectivity index (χ0) is 22.5. The fourth-order valence-corrected chi connectivity index (χ4v) is 3.13. The molecule has 2 heterocycles. The molecule has 0 spiro atoms. The van der Waals surface area contributed by atoms with Crippen LogP contribution in [0.4, 0.5) is 0 Å². The minimum absolute atomic E-state index is 0.00750. The molecule has 1 aromatic carbocycles. The van der Waals surface area contributed by atoms with Gasteiger partial charge < -0.3 is 44.2 Å². The molecule has 1 unspecified atom stereocenters. The van der Waals surface area contributed by atoms with Gasteiger partial charge in [-0.1, -0.05) is 13.3 Å². The number of hydrogen-bond donors (Lipinski definition) is 5. The SMILES string of the molecule is CCCCC=COc1c(O)c2ccc(OC3O[C@H](CO)[C@@H](O)[C@H](O)[C@H]3O)cc2oc1=O. The molecule has 0 bridgehead atoms. The Hall–Kier alpha value is -2.63. The highest BCUT2D eigenvalue weighted by molar-refractivity contribution is 5.86. The lowest BCUT2D eigenvalue weighted by Gasteiger charge is -2.39. The van der Waals surface area contributed by atoms with E-state index in [1.54, 1.807) is 6.08 Å². The molecule has 1 saturated heterocycles. The molecule has 170 valence electrons. The Morgan fingerprint density at radius 3 is 2.65 bits per heavy atom. The van der Waals surface area contributed by atoms with Crippen LogP contribution in [0.15, 0.2) is 39.7 Å². The summed E-state index contributed by atoms with van der Waals surface area (Å²) in [6.07, 6.45) is -1.41. The Morgan fingerprint density at radius 2 is 1.94 bits per heavy atom. The fraction of sp³-hybridized carbons (Fsp3) is 0.476. The van der Waals surface area contributed by atoms with Gasteiger partial charge in [-0.2, -0.15) is 0 Å². The van der Waals surface area contributed by atoms with Gasteiger partial charge in [0.25, 0.3) is 5.75 Å². The van der Waals surface area contributed by atoms with Crippen molar-refractivity contribution in [2.75, 3.05) is 6.61 Å². The number of aromatic hydroxyl groups is 1. The second kappa shape index (κ2) is 10.1. The number of allylic oxidation sites excluding steroid dienone is 1. The van der Waals surface area contributed by atoms with E-state index in [9.17, 15) is 30.3 Å². The number of aliphatic hydroxyl groups is 4. The lowest BCUT2D eigenvalue weighted by atomic mass is 9.99. The summed E-state index contributed by atoms with van der Waals surface area (Å²) in [5.74, 6) is -0.652. The second-order valence-corrected chi connectivity index (χ2v) is 7.17. The molecule has 0 amide bonds. The number of unbranched alkanes of at least 4 members (excludes halogenated alkanes) is 2. The van der Waals surface area contributed by atoms with Crippen LogP contribution >= 0.6 is 0 Å². The maximum atomic E-state index is 12.2. The molecule has 1 aliphatic heterocycles. The van der Waals surface area contributed by atoms with Crippen molar-refractivity contribution in [1.82, 2.24) is 0 Å². The van der Waals surface area contributed by atoms with Gasteiger partial charge >= 0.3 is 5.63 Å². The Morgan fingerprint density at radius 1 is 1.16 bits per heavy atom. The first-order valence-electron chi connectivity index (χ1n) is 9.96. The molecule has 5 N–H and O–H groups in total. The van der Waals surface area contributed by atoms with Crippen molar-refractivity contribution in [3.63, 3.8) is 0 Å². The van der Waals surface area contributed by atoms with Crippen LogP contribution < -0.4 is 15.1 Å². The lowest BCUT2D eigenvalue weighted by Crippen LogP contribution is -2.60. The van der Waals surface area contributed by atoms with Gasteiger partial charge in [0.2, 0.25) is 6.29 Å². The molecular weight excluding hydrogens is 412 g/mol. The zero-order valence-electron chi connectivity index (χ0n) is 16.9. The molecular formula is C21H26O10. The average molecular weight is 438 g/mol. The quantitative estimate of drug-likeness (QED) is 0.226. The number of rotatable bonds is 8. The van der Waals surface area contributed by atoms with Gasteiger partial charge in [0.1, 0.15) is 35.7 Å². The van der Waals surface area contributed by atoms with E-state index in [0.29, 0.717) is 0 Å². The highest BCUT2D eigenvalue weighted by Crippen LogP contribution is 2.34. The van der Waals surface area contributed by atoms with Crippen molar-refractivity contribution in [3.8, 4) is 17.2 Å². The summed E-state index contributed by atoms with van der Waals surface area (Å²) in [6.45, 7) is 1.45. The number of ether oxygens (including phenoxy) is 3. The van der Waals surface area contributed by atoms with E-state index in [1.807, 2.05) is 6.92 Å². The van der Waals surface area contributed by atoms with Crippen LogP contribution in [0.3, 0.4) is 0 Å². The second-order valence-electron chi connectivity index (χ2n) is 7.17. The molecule has 0 aliphatic carbocycles. The van der Waals surface area contributed by atoms with Gasteiger partial charge in [-0.25, -0.2) is 4.79 Å². The summed E-state index contributed by atoms with van der Waals surface area (Å²) in [4.78, 5) is 12.2. The first-order valence-corrected chi connectivity index (χ1v) is 9.96. The van der Waals surface area contributed by atoms with Crippen LogP contribution in [0, 0.1) is 0 Å². The monoisotopic (exact) mass is 438 g/mol. The topological polar surface area (TPSA) is 159 Å². The van der Waals surface area contributed by atoms with E-state index in [1.165, 1.54) is 24.5 Å². The van der Waals surface area contributed by atoms with E-state index in [2.05, 4.69) is 0 Å². The molecule has 1 aromatic heterocycles. The molecule has 5 atom stereocenters. The smallest absolute Gasteiger partial charge is 0.383 e. The van der Waals surface area contributed by atoms with Crippen LogP contribution in [0.1, 0.15) is 26.2 Å². The van der Waals surface area contributed by atoms with Crippen LogP contribution in [0.2, 0.25) is 0 Å². The average Bonchev–Trinajstić information content (AvgIpc) is 2.75. The summed E-state index contributed by atoms with van der Waals surface area (Å²) in [7, 11) is 0. The van der Waals surface area contributed by atoms with E-state index in [4.69, 9.17) is 18.6 Å². The molecule has 2 aromatic rings. The number of aliphatic hydroxyl groups excluding tert-OH is 4. The third-order valence-electron chi connectivity index (χ3n) is 4.92. The Balaban J connectivity index is 1.81. The summed E-state index contributed by atoms with van der Waals surface area (Å²) < 4.78 is 21.2. The zero-order valence-corrected chi connectivity index (χ0v) is 16.9. The Bertz CT molecular complexity index is 967. The van der Waals surface area contributed by atoms with Gasteiger partial charge in [-0.3, -0.25) is 0 Å². The molecule has 3 rings (SSSR count). The van der Waals surface area contributed by atoms with Gasteiger partial charge in [0.15, 0.2) is 5.75 Å². The summed E-state index contributed by atoms with van der Waals surface area (Å²) in [5, 5.41) is 49.6. The van der Waals surface area contributed by atoms with Gasteiger partial charge in [-0.05, 0) is 31.1 Å². The predicted octanol–water partition coefficient (Wildman–Crippen LogP) is 0.760. The van der Waals surface area contributed by atoms with Crippen molar-refractivity contribution in [2.24, 2.45) is 0 Å². The maximum absolute atomic E-state index is 12.2. The van der Waals surface area contributed by atoms with Crippen molar-refractivity contribution < 1.29 is 44.2 Å². The van der Waals surface area contributed by atoms with E-state index in [-0.39, 0.29) is 22.5 Å². The molecule has 10 heteroatoms. The number of fused-ring (bicyclic) bond motifs is 1. The highest BCUT2D eigenvalue weighted by Gasteiger charge is 2.44. The van der Waals surface area contributed by atoms with Crippen LogP contribution in [-0.2, 0) is 4.74 Å². The predicted molar refractivity (Wildman–Crippen MR) is 108 cm³/mol. The molecule has 0 saturated carbocycles. The van der Waals surface area contributed by atoms with Crippen LogP contribution in [-0.4, -0.2) is 62.8 Å². The maximum Gasteiger partial charge on any atom is 0.383 e. The standard InChI is InChI=1S/C21H26O10/c1-2-3-4-5-8-28-19-15(23)12-7-6-11(9-13(12)30-20(19)27)29-21-18(26)17(25)16(24)14(10-22)31-21/h5-9,14,16-18,21-26H,2-4,10H2,1H3/t14-,16-,17+,18-,21?/m1/s1. The third-order valence-corrected chi connectivity index (χ3v) is 4.92. The highest BCUT2D eigenvalue weighted by atomic mass is 16.7. The number of benzene rings is 1. The normalized spacial score (nSPS) is 26.4. The molecule has 1 aliphatic rings.